The van der Waals surface area contributed by atoms with Crippen LogP contribution < -0.4 is 0 Å². The van der Waals surface area contributed by atoms with Gasteiger partial charge < -0.3 is 39.9 Å². The van der Waals surface area contributed by atoms with Gasteiger partial charge in [0.25, 0.3) is 0 Å². The van der Waals surface area contributed by atoms with Crippen LogP contribution in [0.3, 0.4) is 0 Å². The molecule has 1 aliphatic rings. The maximum absolute atomic E-state index is 12.8. The number of ether oxygens (including phenoxy) is 2. The Morgan fingerprint density at radius 3 is 1.43 bits per heavy atom. The molecule has 1 rings (SSSR count). The lowest BCUT2D eigenvalue weighted by Gasteiger charge is -2.41. The van der Waals surface area contributed by atoms with Gasteiger partial charge in [0.1, 0.15) is 43.2 Å². The van der Waals surface area contributed by atoms with Crippen molar-refractivity contribution in [3.8, 4) is 0 Å². The molecular formula is C51H81O13P. The third kappa shape index (κ3) is 32.0. The number of carbonyl (C=O) groups is 2. The van der Waals surface area contributed by atoms with E-state index in [9.17, 15) is 44.6 Å². The molecule has 0 heterocycles. The van der Waals surface area contributed by atoms with Gasteiger partial charge in [-0.3, -0.25) is 18.6 Å². The number of aliphatic hydroxyl groups is 5. The number of allylic oxidation sites excluding steroid dienone is 18. The fourth-order valence-electron chi connectivity index (χ4n) is 6.41. The maximum atomic E-state index is 12.8. The highest BCUT2D eigenvalue weighted by Crippen LogP contribution is 2.47. The molecule has 0 saturated heterocycles. The van der Waals surface area contributed by atoms with Crippen molar-refractivity contribution in [3.63, 3.8) is 0 Å². The van der Waals surface area contributed by atoms with Crippen molar-refractivity contribution in [2.45, 2.75) is 185 Å². The first kappa shape index (κ1) is 59.5. The second-order valence-corrected chi connectivity index (χ2v) is 17.3. The minimum absolute atomic E-state index is 0.0604. The van der Waals surface area contributed by atoms with Gasteiger partial charge in [-0.15, -0.1) is 0 Å². The third-order valence-corrected chi connectivity index (χ3v) is 11.2. The number of carbonyl (C=O) groups excluding carboxylic acids is 2. The van der Waals surface area contributed by atoms with E-state index in [1.54, 1.807) is 0 Å². The minimum Gasteiger partial charge on any atom is -0.462 e. The Labute approximate surface area is 389 Å². The van der Waals surface area contributed by atoms with Gasteiger partial charge in [0, 0.05) is 12.8 Å². The molecule has 0 aromatic heterocycles. The summed E-state index contributed by atoms with van der Waals surface area (Å²) in [6.45, 7) is 2.99. The van der Waals surface area contributed by atoms with Crippen LogP contribution in [0.4, 0.5) is 0 Å². The molecule has 0 spiro atoms. The number of hydrogen-bond donors (Lipinski definition) is 6. The summed E-state index contributed by atoms with van der Waals surface area (Å²) < 4.78 is 33.5. The summed E-state index contributed by atoms with van der Waals surface area (Å²) in [4.78, 5) is 35.7. The lowest BCUT2D eigenvalue weighted by Crippen LogP contribution is -2.64. The Balaban J connectivity index is 2.45. The van der Waals surface area contributed by atoms with Gasteiger partial charge in [0.15, 0.2) is 6.10 Å². The van der Waals surface area contributed by atoms with Crippen LogP contribution in [0.5, 0.6) is 0 Å². The molecule has 0 bridgehead atoms. The third-order valence-electron chi connectivity index (χ3n) is 10.2. The molecule has 1 fully saturated rings. The zero-order valence-electron chi connectivity index (χ0n) is 39.0. The summed E-state index contributed by atoms with van der Waals surface area (Å²) in [5.74, 6) is -1.17. The molecule has 0 aromatic carbocycles. The smallest absolute Gasteiger partial charge is 0.462 e. The van der Waals surface area contributed by atoms with Crippen LogP contribution in [0.25, 0.3) is 0 Å². The van der Waals surface area contributed by atoms with Crippen LogP contribution >= 0.6 is 7.82 Å². The molecule has 7 unspecified atom stereocenters. The van der Waals surface area contributed by atoms with Crippen LogP contribution in [0.15, 0.2) is 109 Å². The molecule has 0 aromatic rings. The predicted molar refractivity (Wildman–Crippen MR) is 257 cm³/mol. The fourth-order valence-corrected chi connectivity index (χ4v) is 7.38. The van der Waals surface area contributed by atoms with E-state index in [2.05, 4.69) is 98.9 Å². The standard InChI is InChI=1S/C51H81O13P/c1-3-5-7-9-11-13-15-17-18-19-20-21-22-23-24-25-26-28-29-31-33-35-37-39-44(52)61-41-43(42-62-65(59,60)64-51-49(57)47(55)46(54)48(56)50(51)58)63-45(53)40-38-36-34-32-30-27-16-14-12-10-8-6-4-2/h5-8,10-14,16-18,20-21,23-24,26,28,43,46-51,54-58H,3-4,9,15,19,22,25,27,29-42H2,1-2H3,(H,59,60)/b7-5+,8-6+,12-10+,13-11+,16-14+,18-17+,21-20+,24-23+,28-26+/t43?,46?,47-,48?,49?,50?,51?/m0/s1. The van der Waals surface area contributed by atoms with Gasteiger partial charge in [-0.1, -0.05) is 155 Å². The second kappa shape index (κ2) is 39.7. The lowest BCUT2D eigenvalue weighted by atomic mass is 9.85. The molecule has 65 heavy (non-hydrogen) atoms. The summed E-state index contributed by atoms with van der Waals surface area (Å²) in [6, 6.07) is 0. The molecule has 13 nitrogen and oxygen atoms in total. The van der Waals surface area contributed by atoms with Crippen molar-refractivity contribution in [2.75, 3.05) is 13.2 Å². The van der Waals surface area contributed by atoms with Gasteiger partial charge in [-0.25, -0.2) is 4.57 Å². The first-order valence-electron chi connectivity index (χ1n) is 23.7. The van der Waals surface area contributed by atoms with Crippen LogP contribution in [0.1, 0.15) is 142 Å². The van der Waals surface area contributed by atoms with E-state index in [0.29, 0.717) is 12.8 Å². The first-order valence-corrected chi connectivity index (χ1v) is 25.2. The Morgan fingerprint density at radius 2 is 0.908 bits per heavy atom. The Hall–Kier alpha value is -3.49. The Bertz CT molecular complexity index is 1550. The zero-order valence-corrected chi connectivity index (χ0v) is 39.9. The summed E-state index contributed by atoms with van der Waals surface area (Å²) in [5.41, 5.74) is 0. The minimum atomic E-state index is -5.14. The topological polar surface area (TPSA) is 210 Å². The second-order valence-electron chi connectivity index (χ2n) is 15.9. The number of unbranched alkanes of at least 4 members (excludes halogenated alkanes) is 9. The average Bonchev–Trinajstić information content (AvgIpc) is 3.29. The highest BCUT2D eigenvalue weighted by molar-refractivity contribution is 7.47. The first-order chi connectivity index (χ1) is 31.4. The Morgan fingerprint density at radius 1 is 0.492 bits per heavy atom. The summed E-state index contributed by atoms with van der Waals surface area (Å²) in [6.07, 6.45) is 41.4. The van der Waals surface area contributed by atoms with Gasteiger partial charge in [0.05, 0.1) is 6.61 Å². The number of phosphoric acid groups is 1. The zero-order chi connectivity index (χ0) is 47.8. The SMILES string of the molecule is CC/C=C/C=C/C=C/CCCCCCCC(=O)OC(COC(=O)CCCCCC/C=C/C/C=C/C/C=C/C/C=C/C/C=C/C/C=C/CC)COP(=O)(O)OC1C(O)C(O)C(O)[C@H](O)C1O. The number of phosphoric ester groups is 1. The van der Waals surface area contributed by atoms with Crippen LogP contribution in [-0.2, 0) is 32.7 Å². The average molecular weight is 933 g/mol. The molecule has 14 heteroatoms. The van der Waals surface area contributed by atoms with Crippen LogP contribution in [0.2, 0.25) is 0 Å². The van der Waals surface area contributed by atoms with Crippen molar-refractivity contribution in [3.05, 3.63) is 109 Å². The Kier molecular flexibility index (Phi) is 36.3. The quantitative estimate of drug-likeness (QED) is 0.0113. The van der Waals surface area contributed by atoms with Crippen molar-refractivity contribution < 1.29 is 63.1 Å². The molecule has 1 saturated carbocycles. The molecule has 1 aliphatic carbocycles. The number of hydrogen-bond acceptors (Lipinski definition) is 12. The normalized spacial score (nSPS) is 22.4. The predicted octanol–water partition coefficient (Wildman–Crippen LogP) is 9.61. The summed E-state index contributed by atoms with van der Waals surface area (Å²) >= 11 is 0. The van der Waals surface area contributed by atoms with E-state index >= 15 is 0 Å². The molecular weight excluding hydrogens is 852 g/mol. The molecule has 6 N–H and O–H groups in total. The van der Waals surface area contributed by atoms with E-state index in [4.69, 9.17) is 18.5 Å². The van der Waals surface area contributed by atoms with E-state index < -0.39 is 75.7 Å². The van der Waals surface area contributed by atoms with Crippen LogP contribution in [-0.4, -0.2) is 98.3 Å². The molecule has 0 amide bonds. The number of aliphatic hydroxyl groups excluding tert-OH is 5. The number of rotatable bonds is 37. The molecule has 368 valence electrons. The maximum Gasteiger partial charge on any atom is 0.472 e. The summed E-state index contributed by atoms with van der Waals surface area (Å²) in [5, 5.41) is 50.2. The van der Waals surface area contributed by atoms with Crippen molar-refractivity contribution in [1.82, 2.24) is 0 Å². The van der Waals surface area contributed by atoms with Gasteiger partial charge >= 0.3 is 19.8 Å². The van der Waals surface area contributed by atoms with Gasteiger partial charge in [0.2, 0.25) is 0 Å². The molecule has 8 atom stereocenters. The van der Waals surface area contributed by atoms with Crippen LogP contribution in [0, 0.1) is 0 Å². The van der Waals surface area contributed by atoms with Crippen molar-refractivity contribution >= 4 is 19.8 Å². The van der Waals surface area contributed by atoms with Crippen molar-refractivity contribution in [2.24, 2.45) is 0 Å². The highest BCUT2D eigenvalue weighted by atomic mass is 31.2. The monoisotopic (exact) mass is 933 g/mol. The van der Waals surface area contributed by atoms with E-state index in [-0.39, 0.29) is 12.8 Å². The number of esters is 2. The van der Waals surface area contributed by atoms with E-state index in [1.165, 1.54) is 0 Å². The van der Waals surface area contributed by atoms with Crippen molar-refractivity contribution in [1.29, 1.82) is 0 Å². The van der Waals surface area contributed by atoms with Gasteiger partial charge in [-0.2, -0.15) is 0 Å². The van der Waals surface area contributed by atoms with E-state index in [1.807, 2.05) is 24.3 Å². The summed E-state index contributed by atoms with van der Waals surface area (Å²) in [7, 11) is -5.14. The highest BCUT2D eigenvalue weighted by Gasteiger charge is 2.51. The van der Waals surface area contributed by atoms with E-state index in [0.717, 1.165) is 103 Å². The lowest BCUT2D eigenvalue weighted by molar-refractivity contribution is -0.220. The molecule has 0 aliphatic heterocycles. The molecule has 0 radical (unpaired) electrons. The van der Waals surface area contributed by atoms with Gasteiger partial charge in [-0.05, 0) is 83.5 Å². The fraction of sp³-hybridized carbons (Fsp3) is 0.608. The largest absolute Gasteiger partial charge is 0.472 e.